The summed E-state index contributed by atoms with van der Waals surface area (Å²) in [6.07, 6.45) is 0.532. The largest absolute Gasteiger partial charge is 0.495 e. The van der Waals surface area contributed by atoms with Gasteiger partial charge in [-0.1, -0.05) is 30.7 Å². The molecule has 0 saturated carbocycles. The van der Waals surface area contributed by atoms with Crippen molar-refractivity contribution in [1.82, 2.24) is 9.55 Å². The van der Waals surface area contributed by atoms with Crippen molar-refractivity contribution >= 4 is 23.2 Å². The molecule has 0 spiro atoms. The van der Waals surface area contributed by atoms with E-state index in [1.807, 2.05) is 6.92 Å². The molecule has 1 amide bonds. The van der Waals surface area contributed by atoms with E-state index in [1.165, 1.54) is 35.9 Å². The van der Waals surface area contributed by atoms with E-state index in [4.69, 9.17) is 16.3 Å². The highest BCUT2D eigenvalue weighted by molar-refractivity contribution is 6.31. The number of carbonyl (C=O) groups excluding carboxylic acids is 1. The monoisotopic (exact) mass is 415 g/mol. The Morgan fingerprint density at radius 2 is 2.03 bits per heavy atom. The van der Waals surface area contributed by atoms with Crippen LogP contribution in [-0.2, 0) is 17.8 Å². The first-order valence-electron chi connectivity index (χ1n) is 8.91. The van der Waals surface area contributed by atoms with Crippen molar-refractivity contribution in [1.29, 1.82) is 0 Å². The number of amides is 1. The SMILES string of the molecule is CCc1cc(=O)n(CC(=O)Nc2cc(Cl)ccc2OC)c(-c2cccc(F)c2)n1. The second kappa shape index (κ2) is 8.87. The van der Waals surface area contributed by atoms with E-state index < -0.39 is 17.3 Å². The van der Waals surface area contributed by atoms with Gasteiger partial charge in [-0.05, 0) is 36.8 Å². The Labute approximate surface area is 171 Å². The zero-order valence-corrected chi connectivity index (χ0v) is 16.7. The molecule has 1 aromatic heterocycles. The van der Waals surface area contributed by atoms with Crippen LogP contribution in [0.1, 0.15) is 12.6 Å². The Morgan fingerprint density at radius 3 is 2.72 bits per heavy atom. The van der Waals surface area contributed by atoms with Gasteiger partial charge in [0.25, 0.3) is 5.56 Å². The lowest BCUT2D eigenvalue weighted by molar-refractivity contribution is -0.116. The predicted octanol–water partition coefficient (Wildman–Crippen LogP) is 3.91. The fourth-order valence-electron chi connectivity index (χ4n) is 2.85. The third-order valence-electron chi connectivity index (χ3n) is 4.24. The molecule has 0 radical (unpaired) electrons. The van der Waals surface area contributed by atoms with Crippen LogP contribution in [-0.4, -0.2) is 22.6 Å². The van der Waals surface area contributed by atoms with Crippen molar-refractivity contribution in [2.45, 2.75) is 19.9 Å². The Kier molecular flexibility index (Phi) is 6.29. The topological polar surface area (TPSA) is 73.2 Å². The highest BCUT2D eigenvalue weighted by atomic mass is 35.5. The van der Waals surface area contributed by atoms with Gasteiger partial charge in [-0.3, -0.25) is 14.2 Å². The van der Waals surface area contributed by atoms with Crippen LogP contribution in [0, 0.1) is 5.82 Å². The summed E-state index contributed by atoms with van der Waals surface area (Å²) in [5.41, 5.74) is 0.945. The Morgan fingerprint density at radius 1 is 1.24 bits per heavy atom. The molecule has 1 N–H and O–H groups in total. The number of hydrogen-bond acceptors (Lipinski definition) is 4. The highest BCUT2D eigenvalue weighted by Gasteiger charge is 2.16. The molecular weight excluding hydrogens is 397 g/mol. The second-order valence-electron chi connectivity index (χ2n) is 6.25. The van der Waals surface area contributed by atoms with Crippen molar-refractivity contribution in [3.05, 3.63) is 75.4 Å². The average Bonchev–Trinajstić information content (AvgIpc) is 2.69. The van der Waals surface area contributed by atoms with Gasteiger partial charge in [0.15, 0.2) is 0 Å². The molecule has 3 aromatic rings. The lowest BCUT2D eigenvalue weighted by Crippen LogP contribution is -2.30. The summed E-state index contributed by atoms with van der Waals surface area (Å²) in [7, 11) is 1.47. The molecular formula is C21H19ClFN3O3. The Balaban J connectivity index is 1.97. The molecule has 150 valence electrons. The molecule has 0 saturated heterocycles. The van der Waals surface area contributed by atoms with Gasteiger partial charge in [-0.2, -0.15) is 0 Å². The third kappa shape index (κ3) is 4.81. The van der Waals surface area contributed by atoms with Crippen LogP contribution in [0.2, 0.25) is 5.02 Å². The maximum Gasteiger partial charge on any atom is 0.254 e. The molecule has 0 aliphatic rings. The van der Waals surface area contributed by atoms with Gasteiger partial charge in [0.1, 0.15) is 23.9 Å². The molecule has 2 aromatic carbocycles. The number of benzene rings is 2. The van der Waals surface area contributed by atoms with Crippen molar-refractivity contribution in [2.24, 2.45) is 0 Å². The normalized spacial score (nSPS) is 10.6. The molecule has 8 heteroatoms. The number of anilines is 1. The zero-order valence-electron chi connectivity index (χ0n) is 15.9. The van der Waals surface area contributed by atoms with Gasteiger partial charge < -0.3 is 10.1 Å². The molecule has 0 fully saturated rings. The number of nitrogens with one attached hydrogen (secondary N) is 1. The lowest BCUT2D eigenvalue weighted by Gasteiger charge is -2.15. The Bertz CT molecular complexity index is 1110. The van der Waals surface area contributed by atoms with Crippen LogP contribution in [0.25, 0.3) is 11.4 Å². The molecule has 1 heterocycles. The number of methoxy groups -OCH3 is 1. The minimum absolute atomic E-state index is 0.224. The van der Waals surface area contributed by atoms with Gasteiger partial charge in [0, 0.05) is 22.3 Å². The van der Waals surface area contributed by atoms with E-state index in [0.29, 0.717) is 34.1 Å². The summed E-state index contributed by atoms with van der Waals surface area (Å²) in [6, 6.07) is 11.9. The summed E-state index contributed by atoms with van der Waals surface area (Å²) in [5.74, 6) is -0.281. The van der Waals surface area contributed by atoms with E-state index in [1.54, 1.807) is 24.3 Å². The van der Waals surface area contributed by atoms with E-state index in [-0.39, 0.29) is 12.4 Å². The number of hydrogen-bond donors (Lipinski definition) is 1. The van der Waals surface area contributed by atoms with E-state index in [0.717, 1.165) is 0 Å². The molecule has 3 rings (SSSR count). The van der Waals surface area contributed by atoms with Crippen molar-refractivity contribution in [2.75, 3.05) is 12.4 Å². The van der Waals surface area contributed by atoms with Gasteiger partial charge in [0.2, 0.25) is 5.91 Å². The molecule has 0 aliphatic heterocycles. The van der Waals surface area contributed by atoms with Gasteiger partial charge >= 0.3 is 0 Å². The standard InChI is InChI=1S/C21H19ClFN3O3/c1-3-16-11-20(28)26(21(24-16)13-5-4-6-15(23)9-13)12-19(27)25-17-10-14(22)7-8-18(17)29-2/h4-11H,3,12H2,1-2H3,(H,25,27). The maximum absolute atomic E-state index is 13.7. The smallest absolute Gasteiger partial charge is 0.254 e. The van der Waals surface area contributed by atoms with Crippen LogP contribution in [0.4, 0.5) is 10.1 Å². The number of ether oxygens (including phenoxy) is 1. The van der Waals surface area contributed by atoms with E-state index in [2.05, 4.69) is 10.3 Å². The third-order valence-corrected chi connectivity index (χ3v) is 4.48. The molecule has 0 unspecified atom stereocenters. The first-order chi connectivity index (χ1) is 13.9. The predicted molar refractivity (Wildman–Crippen MR) is 110 cm³/mol. The molecule has 0 bridgehead atoms. The number of aromatic nitrogens is 2. The molecule has 0 aliphatic carbocycles. The Hall–Kier alpha value is -3.19. The van der Waals surface area contributed by atoms with E-state index in [9.17, 15) is 14.0 Å². The number of halogens is 2. The lowest BCUT2D eigenvalue weighted by atomic mass is 10.2. The fourth-order valence-corrected chi connectivity index (χ4v) is 3.02. The molecule has 6 nitrogen and oxygen atoms in total. The zero-order chi connectivity index (χ0) is 21.0. The van der Waals surface area contributed by atoms with E-state index >= 15 is 0 Å². The van der Waals surface area contributed by atoms with Crippen molar-refractivity contribution < 1.29 is 13.9 Å². The van der Waals surface area contributed by atoms with Crippen molar-refractivity contribution in [3.63, 3.8) is 0 Å². The second-order valence-corrected chi connectivity index (χ2v) is 6.69. The van der Waals surface area contributed by atoms with Gasteiger partial charge in [0.05, 0.1) is 12.8 Å². The first-order valence-corrected chi connectivity index (χ1v) is 9.29. The minimum Gasteiger partial charge on any atom is -0.495 e. The van der Waals surface area contributed by atoms with Crippen molar-refractivity contribution in [3.8, 4) is 17.1 Å². The number of aryl methyl sites for hydroxylation is 1. The average molecular weight is 416 g/mol. The van der Waals surface area contributed by atoms with Crippen LogP contribution in [0.15, 0.2) is 53.3 Å². The first kappa shape index (κ1) is 20.5. The van der Waals surface area contributed by atoms with Crippen LogP contribution < -0.4 is 15.6 Å². The van der Waals surface area contributed by atoms with Gasteiger partial charge in [-0.15, -0.1) is 0 Å². The fraction of sp³-hybridized carbons (Fsp3) is 0.190. The summed E-state index contributed by atoms with van der Waals surface area (Å²) >= 11 is 5.99. The van der Waals surface area contributed by atoms with Gasteiger partial charge in [-0.25, -0.2) is 9.37 Å². The maximum atomic E-state index is 13.7. The quantitative estimate of drug-likeness (QED) is 0.662. The highest BCUT2D eigenvalue weighted by Crippen LogP contribution is 2.27. The molecule has 0 atom stereocenters. The number of nitrogens with zero attached hydrogens (tertiary/aromatic N) is 2. The summed E-state index contributed by atoms with van der Waals surface area (Å²) in [4.78, 5) is 29.7. The summed E-state index contributed by atoms with van der Waals surface area (Å²) in [5, 5.41) is 3.11. The number of carbonyl (C=O) groups is 1. The summed E-state index contributed by atoms with van der Waals surface area (Å²) in [6.45, 7) is 1.55. The van der Waals surface area contributed by atoms with Crippen LogP contribution >= 0.6 is 11.6 Å². The summed E-state index contributed by atoms with van der Waals surface area (Å²) < 4.78 is 20.1. The van der Waals surface area contributed by atoms with Crippen LogP contribution in [0.5, 0.6) is 5.75 Å². The molecule has 29 heavy (non-hydrogen) atoms. The van der Waals surface area contributed by atoms with Crippen LogP contribution in [0.3, 0.4) is 0 Å². The number of rotatable bonds is 6. The minimum atomic E-state index is -0.476.